The van der Waals surface area contributed by atoms with Gasteiger partial charge in [0.15, 0.2) is 0 Å². The first-order valence-electron chi connectivity index (χ1n) is 7.24. The fourth-order valence-electron chi connectivity index (χ4n) is 2.09. The molecule has 0 aliphatic heterocycles. The van der Waals surface area contributed by atoms with E-state index in [9.17, 15) is 8.42 Å². The lowest BCUT2D eigenvalue weighted by Crippen LogP contribution is -2.40. The van der Waals surface area contributed by atoms with Crippen LogP contribution in [0.5, 0.6) is 0 Å². The monoisotopic (exact) mass is 318 g/mol. The first-order valence-corrected chi connectivity index (χ1v) is 8.72. The van der Waals surface area contributed by atoms with Crippen molar-refractivity contribution < 1.29 is 8.42 Å². The van der Waals surface area contributed by atoms with Gasteiger partial charge < -0.3 is 4.90 Å². The molecule has 1 N–H and O–H groups in total. The lowest BCUT2D eigenvalue weighted by molar-refractivity contribution is 0.570. The lowest BCUT2D eigenvalue weighted by Gasteiger charge is -2.27. The number of sulfonamides is 1. The molecule has 0 saturated heterocycles. The summed E-state index contributed by atoms with van der Waals surface area (Å²) in [6.07, 6.45) is 0. The molecule has 0 heterocycles. The van der Waals surface area contributed by atoms with E-state index in [1.54, 1.807) is 24.3 Å². The summed E-state index contributed by atoms with van der Waals surface area (Å²) < 4.78 is 27.2. The van der Waals surface area contributed by atoms with Crippen molar-refractivity contribution in [2.75, 3.05) is 18.5 Å². The van der Waals surface area contributed by atoms with Crippen LogP contribution in [0.4, 0.5) is 5.69 Å². The zero-order valence-corrected chi connectivity index (χ0v) is 14.0. The summed E-state index contributed by atoms with van der Waals surface area (Å²) in [4.78, 5) is 2.35. The van der Waals surface area contributed by atoms with Gasteiger partial charge in [-0.1, -0.05) is 35.9 Å². The Labute approximate surface area is 132 Å². The van der Waals surface area contributed by atoms with Crippen LogP contribution in [0.15, 0.2) is 59.5 Å². The molecule has 5 heteroatoms. The predicted octanol–water partition coefficient (Wildman–Crippen LogP) is 2.80. The topological polar surface area (TPSA) is 49.4 Å². The third-order valence-corrected chi connectivity index (χ3v) is 5.16. The minimum atomic E-state index is -3.46. The summed E-state index contributed by atoms with van der Waals surface area (Å²) in [5.41, 5.74) is 2.10. The van der Waals surface area contributed by atoms with Crippen molar-refractivity contribution in [1.82, 2.24) is 4.72 Å². The molecule has 0 spiro atoms. The minimum Gasteiger partial charge on any atom is -0.371 e. The predicted molar refractivity (Wildman–Crippen MR) is 90.7 cm³/mol. The van der Waals surface area contributed by atoms with Crippen LogP contribution < -0.4 is 9.62 Å². The van der Waals surface area contributed by atoms with E-state index in [0.717, 1.165) is 11.3 Å². The molecule has 22 heavy (non-hydrogen) atoms. The summed E-state index contributed by atoms with van der Waals surface area (Å²) in [5, 5.41) is 0. The van der Waals surface area contributed by atoms with Crippen molar-refractivity contribution in [2.45, 2.75) is 24.8 Å². The standard InChI is InChI=1S/C17H22N2O2S/c1-14-9-11-17(12-10-14)22(20,21)18-13-15(2)19(3)16-7-5-4-6-8-16/h4-12,15,18H,13H2,1-3H3/t15-/m1/s1. The number of nitrogens with zero attached hydrogens (tertiary/aromatic N) is 1. The maximum Gasteiger partial charge on any atom is 0.240 e. The quantitative estimate of drug-likeness (QED) is 0.891. The van der Waals surface area contributed by atoms with Crippen LogP contribution >= 0.6 is 0 Å². The molecular weight excluding hydrogens is 296 g/mol. The van der Waals surface area contributed by atoms with Crippen molar-refractivity contribution in [3.05, 3.63) is 60.2 Å². The third-order valence-electron chi connectivity index (χ3n) is 3.72. The number of likely N-dealkylation sites (N-methyl/N-ethyl adjacent to an activating group) is 1. The maximum absolute atomic E-state index is 12.3. The summed E-state index contributed by atoms with van der Waals surface area (Å²) >= 11 is 0. The minimum absolute atomic E-state index is 0.0441. The highest BCUT2D eigenvalue weighted by Crippen LogP contribution is 2.14. The van der Waals surface area contributed by atoms with Gasteiger partial charge in [0.25, 0.3) is 0 Å². The van der Waals surface area contributed by atoms with Gasteiger partial charge >= 0.3 is 0 Å². The van der Waals surface area contributed by atoms with E-state index >= 15 is 0 Å². The van der Waals surface area contributed by atoms with Gasteiger partial charge in [-0.3, -0.25) is 0 Å². The second-order valence-corrected chi connectivity index (χ2v) is 7.23. The van der Waals surface area contributed by atoms with Gasteiger partial charge in [-0.2, -0.15) is 0 Å². The number of anilines is 1. The van der Waals surface area contributed by atoms with E-state index in [1.807, 2.05) is 51.2 Å². The van der Waals surface area contributed by atoms with Crippen molar-refractivity contribution in [3.8, 4) is 0 Å². The highest BCUT2D eigenvalue weighted by molar-refractivity contribution is 7.89. The normalized spacial score (nSPS) is 12.9. The largest absolute Gasteiger partial charge is 0.371 e. The Morgan fingerprint density at radius 2 is 1.64 bits per heavy atom. The molecule has 0 fully saturated rings. The van der Waals surface area contributed by atoms with Crippen LogP contribution in [-0.2, 0) is 10.0 Å². The van der Waals surface area contributed by atoms with E-state index in [4.69, 9.17) is 0 Å². The summed E-state index contributed by atoms with van der Waals surface area (Å²) in [5.74, 6) is 0. The first-order chi connectivity index (χ1) is 10.4. The third kappa shape index (κ3) is 4.08. The Balaban J connectivity index is 2.01. The van der Waals surface area contributed by atoms with Gasteiger partial charge in [-0.15, -0.1) is 0 Å². The Morgan fingerprint density at radius 1 is 1.05 bits per heavy atom. The fourth-order valence-corrected chi connectivity index (χ4v) is 3.21. The van der Waals surface area contributed by atoms with E-state index in [0.29, 0.717) is 11.4 Å². The summed E-state index contributed by atoms with van der Waals surface area (Å²) in [7, 11) is -1.51. The number of benzene rings is 2. The second-order valence-electron chi connectivity index (χ2n) is 5.46. The van der Waals surface area contributed by atoms with Crippen LogP contribution in [0.1, 0.15) is 12.5 Å². The Morgan fingerprint density at radius 3 is 2.23 bits per heavy atom. The van der Waals surface area contributed by atoms with Crippen molar-refractivity contribution in [2.24, 2.45) is 0 Å². The first kappa shape index (κ1) is 16.5. The molecular formula is C17H22N2O2S. The molecule has 0 aliphatic rings. The van der Waals surface area contributed by atoms with Gasteiger partial charge in [-0.25, -0.2) is 13.1 Å². The Kier molecular flexibility index (Phi) is 5.21. The van der Waals surface area contributed by atoms with E-state index < -0.39 is 10.0 Å². The molecule has 2 rings (SSSR count). The van der Waals surface area contributed by atoms with Gasteiger partial charge in [-0.05, 0) is 38.1 Å². The van der Waals surface area contributed by atoms with Crippen LogP contribution in [-0.4, -0.2) is 28.1 Å². The molecule has 0 aliphatic carbocycles. The number of rotatable bonds is 6. The van der Waals surface area contributed by atoms with Crippen molar-refractivity contribution >= 4 is 15.7 Å². The van der Waals surface area contributed by atoms with Crippen LogP contribution in [0.25, 0.3) is 0 Å². The van der Waals surface area contributed by atoms with Gasteiger partial charge in [0, 0.05) is 25.3 Å². The van der Waals surface area contributed by atoms with E-state index in [1.165, 1.54) is 0 Å². The molecule has 118 valence electrons. The molecule has 2 aromatic carbocycles. The van der Waals surface area contributed by atoms with E-state index in [2.05, 4.69) is 9.62 Å². The van der Waals surface area contributed by atoms with Crippen LogP contribution in [0, 0.1) is 6.92 Å². The van der Waals surface area contributed by atoms with Crippen molar-refractivity contribution in [1.29, 1.82) is 0 Å². The van der Waals surface area contributed by atoms with Gasteiger partial charge in [0.05, 0.1) is 4.90 Å². The Bertz CT molecular complexity index is 697. The number of para-hydroxylation sites is 1. The summed E-state index contributed by atoms with van der Waals surface area (Å²) in [6.45, 7) is 4.27. The summed E-state index contributed by atoms with van der Waals surface area (Å²) in [6, 6.07) is 16.8. The number of aryl methyl sites for hydroxylation is 1. The molecule has 0 amide bonds. The Hall–Kier alpha value is -1.85. The second kappa shape index (κ2) is 6.94. The lowest BCUT2D eigenvalue weighted by atomic mass is 10.2. The highest BCUT2D eigenvalue weighted by Gasteiger charge is 2.17. The van der Waals surface area contributed by atoms with Crippen LogP contribution in [0.2, 0.25) is 0 Å². The molecule has 0 aromatic heterocycles. The van der Waals surface area contributed by atoms with Crippen LogP contribution in [0.3, 0.4) is 0 Å². The number of hydrogen-bond acceptors (Lipinski definition) is 3. The molecule has 0 saturated carbocycles. The zero-order chi connectivity index (χ0) is 16.2. The molecule has 0 bridgehead atoms. The van der Waals surface area contributed by atoms with E-state index in [-0.39, 0.29) is 6.04 Å². The fraction of sp³-hybridized carbons (Fsp3) is 0.294. The smallest absolute Gasteiger partial charge is 0.240 e. The molecule has 2 aromatic rings. The average molecular weight is 318 g/mol. The maximum atomic E-state index is 12.3. The highest BCUT2D eigenvalue weighted by atomic mass is 32.2. The SMILES string of the molecule is Cc1ccc(S(=O)(=O)NC[C@@H](C)N(C)c2ccccc2)cc1. The molecule has 1 atom stereocenters. The molecule has 0 radical (unpaired) electrons. The zero-order valence-electron chi connectivity index (χ0n) is 13.2. The average Bonchev–Trinajstić information content (AvgIpc) is 2.53. The van der Waals surface area contributed by atoms with Gasteiger partial charge in [0.2, 0.25) is 10.0 Å². The molecule has 4 nitrogen and oxygen atoms in total. The number of hydrogen-bond donors (Lipinski definition) is 1. The molecule has 0 unspecified atom stereocenters. The van der Waals surface area contributed by atoms with Gasteiger partial charge in [0.1, 0.15) is 0 Å². The number of nitrogens with one attached hydrogen (secondary N) is 1. The van der Waals surface area contributed by atoms with Crippen molar-refractivity contribution in [3.63, 3.8) is 0 Å².